The summed E-state index contributed by atoms with van der Waals surface area (Å²) in [5.41, 5.74) is -1.65. The predicted molar refractivity (Wildman–Crippen MR) is 73.4 cm³/mol. The van der Waals surface area contributed by atoms with Gasteiger partial charge in [-0.15, -0.1) is 0 Å². The van der Waals surface area contributed by atoms with Crippen LogP contribution in [0, 0.1) is 10.1 Å². The number of pyridine rings is 1. The Morgan fingerprint density at radius 3 is 2.43 bits per heavy atom. The lowest BCUT2D eigenvalue weighted by Crippen LogP contribution is -2.05. The molecule has 0 aliphatic heterocycles. The Balaban J connectivity index is 2.32. The molecule has 2 rings (SSSR count). The van der Waals surface area contributed by atoms with E-state index in [1.807, 2.05) is 0 Å². The fraction of sp³-hybridized carbons (Fsp3) is 0.0769. The Labute approximate surface area is 131 Å². The third kappa shape index (κ3) is 3.97. The van der Waals surface area contributed by atoms with Crippen LogP contribution in [-0.4, -0.2) is 21.0 Å². The molecule has 6 nitrogen and oxygen atoms in total. The molecule has 2 aromatic rings. The van der Waals surface area contributed by atoms with Crippen LogP contribution in [0.15, 0.2) is 46.5 Å². The molecular formula is C13H7F3N2O4S. The van der Waals surface area contributed by atoms with Crippen molar-refractivity contribution in [3.8, 4) is 0 Å². The van der Waals surface area contributed by atoms with E-state index >= 15 is 0 Å². The van der Waals surface area contributed by atoms with Crippen LogP contribution in [0.2, 0.25) is 0 Å². The third-order valence-corrected chi connectivity index (χ3v) is 3.71. The van der Waals surface area contributed by atoms with Gasteiger partial charge in [-0.25, -0.2) is 9.78 Å². The topological polar surface area (TPSA) is 93.3 Å². The van der Waals surface area contributed by atoms with Gasteiger partial charge in [-0.05, 0) is 18.2 Å². The Hall–Kier alpha value is -2.62. The summed E-state index contributed by atoms with van der Waals surface area (Å²) in [5.74, 6) is -1.39. The van der Waals surface area contributed by atoms with Gasteiger partial charge in [-0.1, -0.05) is 11.8 Å². The van der Waals surface area contributed by atoms with E-state index in [0.29, 0.717) is 6.20 Å². The maximum absolute atomic E-state index is 12.4. The summed E-state index contributed by atoms with van der Waals surface area (Å²) in [6.07, 6.45) is -3.88. The maximum Gasteiger partial charge on any atom is 0.417 e. The third-order valence-electron chi connectivity index (χ3n) is 2.68. The highest BCUT2D eigenvalue weighted by molar-refractivity contribution is 7.99. The SMILES string of the molecule is O=C(O)c1cc([N+](=O)[O-])ccc1Sc1ccc(C(F)(F)F)cn1. The van der Waals surface area contributed by atoms with Crippen LogP contribution < -0.4 is 0 Å². The Morgan fingerprint density at radius 1 is 1.26 bits per heavy atom. The smallest absolute Gasteiger partial charge is 0.417 e. The molecule has 120 valence electrons. The van der Waals surface area contributed by atoms with Crippen LogP contribution in [0.25, 0.3) is 0 Å². The molecule has 23 heavy (non-hydrogen) atoms. The molecule has 1 N–H and O–H groups in total. The summed E-state index contributed by atoms with van der Waals surface area (Å²) in [6, 6.07) is 5.13. The van der Waals surface area contributed by atoms with Gasteiger partial charge in [0, 0.05) is 23.2 Å². The number of alkyl halides is 3. The number of carbonyl (C=O) groups is 1. The lowest BCUT2D eigenvalue weighted by molar-refractivity contribution is -0.384. The number of nitro groups is 1. The molecular weight excluding hydrogens is 337 g/mol. The van der Waals surface area contributed by atoms with Gasteiger partial charge in [-0.3, -0.25) is 10.1 Å². The van der Waals surface area contributed by atoms with Gasteiger partial charge in [0.1, 0.15) is 5.03 Å². The number of aromatic carboxylic acids is 1. The number of rotatable bonds is 4. The standard InChI is InChI=1S/C13H7F3N2O4S/c14-13(15,16)7-1-4-11(17-6-7)23-10-3-2-8(18(21)22)5-9(10)12(19)20/h1-6H,(H,19,20). The van der Waals surface area contributed by atoms with Crippen molar-refractivity contribution >= 4 is 23.4 Å². The first-order valence-electron chi connectivity index (χ1n) is 5.91. The largest absolute Gasteiger partial charge is 0.478 e. The molecule has 1 aromatic carbocycles. The summed E-state index contributed by atoms with van der Waals surface area (Å²) >= 11 is 0.800. The molecule has 0 bridgehead atoms. The van der Waals surface area contributed by atoms with E-state index in [-0.39, 0.29) is 15.5 Å². The van der Waals surface area contributed by atoms with Crippen molar-refractivity contribution in [3.05, 3.63) is 57.8 Å². The number of carboxylic acid groups (broad SMARTS) is 1. The van der Waals surface area contributed by atoms with E-state index in [9.17, 15) is 28.1 Å². The highest BCUT2D eigenvalue weighted by Crippen LogP contribution is 2.34. The first-order valence-corrected chi connectivity index (χ1v) is 6.73. The molecule has 0 amide bonds. The Bertz CT molecular complexity index is 763. The van der Waals surface area contributed by atoms with Crippen LogP contribution in [0.4, 0.5) is 18.9 Å². The average molecular weight is 344 g/mol. The number of carboxylic acids is 1. The highest BCUT2D eigenvalue weighted by Gasteiger charge is 2.30. The van der Waals surface area contributed by atoms with Gasteiger partial charge < -0.3 is 5.11 Å². The van der Waals surface area contributed by atoms with Crippen molar-refractivity contribution in [2.24, 2.45) is 0 Å². The molecule has 1 aromatic heterocycles. The van der Waals surface area contributed by atoms with Crippen molar-refractivity contribution in [2.75, 3.05) is 0 Å². The van der Waals surface area contributed by atoms with Crippen molar-refractivity contribution < 1.29 is 28.0 Å². The summed E-state index contributed by atoms with van der Waals surface area (Å²) < 4.78 is 37.3. The number of non-ortho nitro benzene ring substituents is 1. The molecule has 0 spiro atoms. The average Bonchev–Trinajstić information content (AvgIpc) is 2.46. The van der Waals surface area contributed by atoms with Crippen molar-refractivity contribution in [2.45, 2.75) is 16.1 Å². The molecule has 1 heterocycles. The summed E-state index contributed by atoms with van der Waals surface area (Å²) in [7, 11) is 0. The fourth-order valence-electron chi connectivity index (χ4n) is 1.61. The summed E-state index contributed by atoms with van der Waals surface area (Å²) in [4.78, 5) is 24.8. The molecule has 0 fully saturated rings. The van der Waals surface area contributed by atoms with E-state index in [0.717, 1.165) is 36.0 Å². The highest BCUT2D eigenvalue weighted by atomic mass is 32.2. The summed E-state index contributed by atoms with van der Waals surface area (Å²) in [6.45, 7) is 0. The second-order valence-electron chi connectivity index (χ2n) is 4.23. The van der Waals surface area contributed by atoms with Crippen molar-refractivity contribution in [3.63, 3.8) is 0 Å². The zero-order chi connectivity index (χ0) is 17.2. The second kappa shape index (κ2) is 6.24. The molecule has 0 aliphatic carbocycles. The van der Waals surface area contributed by atoms with Crippen LogP contribution in [0.3, 0.4) is 0 Å². The number of aromatic nitrogens is 1. The molecule has 0 atom stereocenters. The second-order valence-corrected chi connectivity index (χ2v) is 5.29. The van der Waals surface area contributed by atoms with Crippen LogP contribution in [0.5, 0.6) is 0 Å². The number of nitrogens with zero attached hydrogens (tertiary/aromatic N) is 2. The zero-order valence-electron chi connectivity index (χ0n) is 11.1. The van der Waals surface area contributed by atoms with Gasteiger partial charge in [-0.2, -0.15) is 13.2 Å². The van der Waals surface area contributed by atoms with Gasteiger partial charge in [0.2, 0.25) is 0 Å². The normalized spacial score (nSPS) is 11.3. The minimum Gasteiger partial charge on any atom is -0.478 e. The quantitative estimate of drug-likeness (QED) is 0.669. The van der Waals surface area contributed by atoms with E-state index < -0.39 is 28.3 Å². The Morgan fingerprint density at radius 2 is 1.96 bits per heavy atom. The number of benzene rings is 1. The van der Waals surface area contributed by atoms with Crippen molar-refractivity contribution in [1.29, 1.82) is 0 Å². The first kappa shape index (κ1) is 16.7. The van der Waals surface area contributed by atoms with E-state index in [1.165, 1.54) is 6.07 Å². The lowest BCUT2D eigenvalue weighted by atomic mass is 10.2. The van der Waals surface area contributed by atoms with Gasteiger partial charge >= 0.3 is 12.1 Å². The number of hydrogen-bond donors (Lipinski definition) is 1. The molecule has 0 radical (unpaired) electrons. The van der Waals surface area contributed by atoms with Gasteiger partial charge in [0.15, 0.2) is 0 Å². The maximum atomic E-state index is 12.4. The van der Waals surface area contributed by atoms with E-state index in [2.05, 4.69) is 4.98 Å². The summed E-state index contributed by atoms with van der Waals surface area (Å²) in [5, 5.41) is 19.9. The monoisotopic (exact) mass is 344 g/mol. The van der Waals surface area contributed by atoms with Gasteiger partial charge in [0.05, 0.1) is 16.1 Å². The molecule has 0 aliphatic rings. The number of nitro benzene ring substituents is 1. The Kier molecular flexibility index (Phi) is 4.55. The van der Waals surface area contributed by atoms with Crippen LogP contribution in [0.1, 0.15) is 15.9 Å². The lowest BCUT2D eigenvalue weighted by Gasteiger charge is -2.08. The van der Waals surface area contributed by atoms with Crippen molar-refractivity contribution in [1.82, 2.24) is 4.98 Å². The van der Waals surface area contributed by atoms with E-state index in [4.69, 9.17) is 5.11 Å². The number of hydrogen-bond acceptors (Lipinski definition) is 5. The first-order chi connectivity index (χ1) is 10.7. The number of halogens is 3. The zero-order valence-corrected chi connectivity index (χ0v) is 11.9. The molecule has 0 unspecified atom stereocenters. The van der Waals surface area contributed by atoms with Gasteiger partial charge in [0.25, 0.3) is 5.69 Å². The molecule has 10 heteroatoms. The molecule has 0 saturated carbocycles. The predicted octanol–water partition coefficient (Wildman–Crippen LogP) is 3.86. The minimum absolute atomic E-state index is 0.134. The minimum atomic E-state index is -4.52. The molecule has 0 saturated heterocycles. The van der Waals surface area contributed by atoms with E-state index in [1.54, 1.807) is 0 Å². The van der Waals surface area contributed by atoms with Crippen LogP contribution >= 0.6 is 11.8 Å². The fourth-order valence-corrected chi connectivity index (χ4v) is 2.47. The van der Waals surface area contributed by atoms with Crippen LogP contribution in [-0.2, 0) is 6.18 Å².